The summed E-state index contributed by atoms with van der Waals surface area (Å²) in [6.45, 7) is 0. The third kappa shape index (κ3) is 5.09. The average molecular weight is 696 g/mol. The molecular weight excluding hydrogens is 663 g/mol. The predicted octanol–water partition coefficient (Wildman–Crippen LogP) is 12.3. The molecule has 0 aliphatic carbocycles. The molecule has 11 rings (SSSR count). The highest BCUT2D eigenvalue weighted by Crippen LogP contribution is 2.42. The van der Waals surface area contributed by atoms with Gasteiger partial charge in [0.25, 0.3) is 0 Å². The molecular formula is C49H33N3O2. The fourth-order valence-electron chi connectivity index (χ4n) is 8.08. The zero-order valence-corrected chi connectivity index (χ0v) is 29.2. The fourth-order valence-corrected chi connectivity index (χ4v) is 8.08. The summed E-state index contributed by atoms with van der Waals surface area (Å²) in [5.74, 6) is 0.830. The topological polar surface area (TPSA) is 62.7 Å². The van der Waals surface area contributed by atoms with E-state index in [1.54, 1.807) is 0 Å². The molecule has 8 aromatic carbocycles. The second-order valence-corrected chi connectivity index (χ2v) is 14.0. The molecule has 0 saturated carbocycles. The Balaban J connectivity index is 1.05. The van der Waals surface area contributed by atoms with E-state index in [2.05, 4.69) is 156 Å². The van der Waals surface area contributed by atoms with Gasteiger partial charge in [-0.05, 0) is 63.4 Å². The zero-order chi connectivity index (χ0) is 35.6. The summed E-state index contributed by atoms with van der Waals surface area (Å²) >= 11 is 0. The molecule has 10 aromatic rings. The van der Waals surface area contributed by atoms with E-state index in [4.69, 9.17) is 13.8 Å². The number of aliphatic imine (C=N–C) groups is 1. The van der Waals surface area contributed by atoms with E-state index in [0.29, 0.717) is 0 Å². The predicted molar refractivity (Wildman–Crippen MR) is 221 cm³/mol. The molecule has 3 heterocycles. The van der Waals surface area contributed by atoms with Crippen molar-refractivity contribution in [2.75, 3.05) is 0 Å². The van der Waals surface area contributed by atoms with E-state index in [-0.39, 0.29) is 12.3 Å². The SMILES string of the molecule is c1ccc(-c2ccc(C3=NC(c4ccc5ccccc5c4)NC(c4ccc(-c5ccc6c(c5)oc5ccccc56)c5oc6ccccc6c45)N3)cc2)cc1. The van der Waals surface area contributed by atoms with Crippen LogP contribution in [0.25, 0.3) is 76.9 Å². The normalized spacial score (nSPS) is 16.0. The lowest BCUT2D eigenvalue weighted by molar-refractivity contribution is 0.411. The molecule has 0 fully saturated rings. The van der Waals surface area contributed by atoms with Gasteiger partial charge in [-0.25, -0.2) is 4.99 Å². The molecule has 2 atom stereocenters. The molecule has 0 saturated heterocycles. The first kappa shape index (κ1) is 30.7. The molecule has 0 radical (unpaired) electrons. The zero-order valence-electron chi connectivity index (χ0n) is 29.2. The number of rotatable bonds is 5. The van der Waals surface area contributed by atoms with E-state index >= 15 is 0 Å². The minimum Gasteiger partial charge on any atom is -0.456 e. The third-order valence-electron chi connectivity index (χ3n) is 10.8. The lowest BCUT2D eigenvalue weighted by Gasteiger charge is -2.33. The standard InChI is InChI=1S/C49H33N3O2/c1-2-10-30(11-3-1)32-18-21-33(22-19-32)47-50-48(36-23-20-31-12-4-5-13-34(31)28-36)52-49(51-47)41-27-26-37(46-45(41)40-15-7-9-17-43(40)54-46)35-24-25-39-38-14-6-8-16-42(38)53-44(39)29-35/h1-29,48-49,52H,(H,50,51). The third-order valence-corrected chi connectivity index (χ3v) is 10.8. The van der Waals surface area contributed by atoms with Crippen molar-refractivity contribution in [1.82, 2.24) is 10.6 Å². The van der Waals surface area contributed by atoms with Gasteiger partial charge in [-0.1, -0.05) is 146 Å². The molecule has 1 aliphatic heterocycles. The van der Waals surface area contributed by atoms with Crippen molar-refractivity contribution in [3.8, 4) is 22.3 Å². The smallest absolute Gasteiger partial charge is 0.143 e. The Hall–Kier alpha value is -6.95. The molecule has 0 spiro atoms. The highest BCUT2D eigenvalue weighted by molar-refractivity contribution is 6.13. The van der Waals surface area contributed by atoms with Crippen LogP contribution < -0.4 is 10.6 Å². The minimum atomic E-state index is -0.298. The first-order chi connectivity index (χ1) is 26.7. The summed E-state index contributed by atoms with van der Waals surface area (Å²) in [5.41, 5.74) is 11.0. The van der Waals surface area contributed by atoms with E-state index in [9.17, 15) is 0 Å². The Labute approximate surface area is 311 Å². The summed E-state index contributed by atoms with van der Waals surface area (Å²) in [7, 11) is 0. The van der Waals surface area contributed by atoms with Crippen LogP contribution in [0.5, 0.6) is 0 Å². The monoisotopic (exact) mass is 695 g/mol. The second kappa shape index (κ2) is 12.3. The maximum atomic E-state index is 6.75. The van der Waals surface area contributed by atoms with Crippen LogP contribution in [0.1, 0.15) is 29.0 Å². The van der Waals surface area contributed by atoms with Gasteiger partial charge in [0.05, 0.1) is 0 Å². The van der Waals surface area contributed by atoms with Crippen molar-refractivity contribution in [2.24, 2.45) is 4.99 Å². The van der Waals surface area contributed by atoms with Gasteiger partial charge in [-0.3, -0.25) is 5.32 Å². The highest BCUT2D eigenvalue weighted by Gasteiger charge is 2.29. The number of hydrogen-bond acceptors (Lipinski definition) is 5. The van der Waals surface area contributed by atoms with Crippen molar-refractivity contribution in [3.63, 3.8) is 0 Å². The summed E-state index contributed by atoms with van der Waals surface area (Å²) in [5, 5.41) is 14.4. The summed E-state index contributed by atoms with van der Waals surface area (Å²) in [4.78, 5) is 5.31. The second-order valence-electron chi connectivity index (χ2n) is 14.0. The minimum absolute atomic E-state index is 0.279. The van der Waals surface area contributed by atoms with Crippen LogP contribution in [0.3, 0.4) is 0 Å². The van der Waals surface area contributed by atoms with Crippen molar-refractivity contribution in [2.45, 2.75) is 12.3 Å². The molecule has 0 amide bonds. The molecule has 2 aromatic heterocycles. The van der Waals surface area contributed by atoms with Crippen LogP contribution in [0.15, 0.2) is 190 Å². The van der Waals surface area contributed by atoms with Crippen LogP contribution in [-0.2, 0) is 0 Å². The molecule has 0 bridgehead atoms. The first-order valence-electron chi connectivity index (χ1n) is 18.3. The number of benzene rings is 8. The Kier molecular flexibility index (Phi) is 7.00. The number of nitrogens with zero attached hydrogens (tertiary/aromatic N) is 1. The van der Waals surface area contributed by atoms with E-state index in [0.717, 1.165) is 77.5 Å². The van der Waals surface area contributed by atoms with Gasteiger partial charge >= 0.3 is 0 Å². The van der Waals surface area contributed by atoms with E-state index in [1.807, 2.05) is 30.3 Å². The van der Waals surface area contributed by atoms with Gasteiger partial charge in [-0.15, -0.1) is 0 Å². The van der Waals surface area contributed by atoms with Crippen LogP contribution in [0.4, 0.5) is 0 Å². The molecule has 54 heavy (non-hydrogen) atoms. The molecule has 1 aliphatic rings. The lowest BCUT2D eigenvalue weighted by Crippen LogP contribution is -2.45. The molecule has 2 N–H and O–H groups in total. The maximum absolute atomic E-state index is 6.75. The largest absolute Gasteiger partial charge is 0.456 e. The van der Waals surface area contributed by atoms with Crippen LogP contribution >= 0.6 is 0 Å². The van der Waals surface area contributed by atoms with E-state index in [1.165, 1.54) is 21.9 Å². The van der Waals surface area contributed by atoms with Gasteiger partial charge in [0.1, 0.15) is 40.5 Å². The van der Waals surface area contributed by atoms with Crippen molar-refractivity contribution < 1.29 is 8.83 Å². The number of hydrogen-bond donors (Lipinski definition) is 2. The van der Waals surface area contributed by atoms with E-state index < -0.39 is 0 Å². The fraction of sp³-hybridized carbons (Fsp3) is 0.0408. The van der Waals surface area contributed by atoms with Crippen LogP contribution in [0.2, 0.25) is 0 Å². The van der Waals surface area contributed by atoms with Gasteiger partial charge in [0.15, 0.2) is 0 Å². The Morgan fingerprint density at radius 3 is 1.98 bits per heavy atom. The Morgan fingerprint density at radius 1 is 0.463 bits per heavy atom. The summed E-state index contributed by atoms with van der Waals surface area (Å²) in [6, 6.07) is 61.6. The quantitative estimate of drug-likeness (QED) is 0.188. The van der Waals surface area contributed by atoms with Gasteiger partial charge < -0.3 is 14.2 Å². The van der Waals surface area contributed by atoms with Crippen LogP contribution in [-0.4, -0.2) is 5.84 Å². The summed E-state index contributed by atoms with van der Waals surface area (Å²) in [6.07, 6.45) is -0.578. The van der Waals surface area contributed by atoms with Crippen molar-refractivity contribution >= 4 is 60.5 Å². The number of furan rings is 2. The van der Waals surface area contributed by atoms with Gasteiger partial charge in [-0.2, -0.15) is 0 Å². The number of para-hydroxylation sites is 2. The Morgan fingerprint density at radius 2 is 1.13 bits per heavy atom. The molecule has 5 heteroatoms. The average Bonchev–Trinajstić information content (AvgIpc) is 3.82. The van der Waals surface area contributed by atoms with Gasteiger partial charge in [0.2, 0.25) is 0 Å². The molecule has 5 nitrogen and oxygen atoms in total. The maximum Gasteiger partial charge on any atom is 0.143 e. The van der Waals surface area contributed by atoms with Crippen molar-refractivity contribution in [1.29, 1.82) is 0 Å². The number of fused-ring (bicyclic) bond motifs is 7. The number of amidine groups is 1. The summed E-state index contributed by atoms with van der Waals surface area (Å²) < 4.78 is 13.1. The Bertz CT molecular complexity index is 3070. The first-order valence-corrected chi connectivity index (χ1v) is 18.3. The van der Waals surface area contributed by atoms with Gasteiger partial charge in [0, 0.05) is 38.2 Å². The van der Waals surface area contributed by atoms with Crippen molar-refractivity contribution in [3.05, 3.63) is 193 Å². The van der Waals surface area contributed by atoms with Crippen LogP contribution in [0, 0.1) is 0 Å². The molecule has 256 valence electrons. The highest BCUT2D eigenvalue weighted by atomic mass is 16.3. The lowest BCUT2D eigenvalue weighted by atomic mass is 9.95. The number of nitrogens with one attached hydrogen (secondary N) is 2. The molecule has 2 unspecified atom stereocenters.